The molecule has 0 saturated heterocycles. The Morgan fingerprint density at radius 1 is 0.966 bits per heavy atom. The summed E-state index contributed by atoms with van der Waals surface area (Å²) in [6.45, 7) is 1.56. The summed E-state index contributed by atoms with van der Waals surface area (Å²) in [7, 11) is 4.54. The van der Waals surface area contributed by atoms with E-state index in [9.17, 15) is 4.79 Å². The van der Waals surface area contributed by atoms with Crippen molar-refractivity contribution in [1.29, 1.82) is 0 Å². The van der Waals surface area contributed by atoms with Gasteiger partial charge in [-0.25, -0.2) is 0 Å². The Morgan fingerprint density at radius 3 is 2.31 bits per heavy atom. The van der Waals surface area contributed by atoms with Gasteiger partial charge in [0.1, 0.15) is 24.3 Å². The zero-order valence-electron chi connectivity index (χ0n) is 16.6. The van der Waals surface area contributed by atoms with Crippen LogP contribution in [0.15, 0.2) is 53.8 Å². The van der Waals surface area contributed by atoms with Crippen molar-refractivity contribution in [2.24, 2.45) is 5.16 Å². The van der Waals surface area contributed by atoms with Crippen molar-refractivity contribution in [3.05, 3.63) is 48.7 Å². The average Bonchev–Trinajstić information content (AvgIpc) is 2.74. The second-order valence-corrected chi connectivity index (χ2v) is 5.97. The fourth-order valence-electron chi connectivity index (χ4n) is 2.67. The Bertz CT molecular complexity index is 1050. The Labute approximate surface area is 168 Å². The maximum Gasteiger partial charge on any atom is 0.273 e. The molecular weight excluding hydrogens is 374 g/mol. The van der Waals surface area contributed by atoms with E-state index in [2.05, 4.69) is 20.3 Å². The Kier molecular flexibility index (Phi) is 6.13. The second-order valence-electron chi connectivity index (χ2n) is 5.97. The summed E-state index contributed by atoms with van der Waals surface area (Å²) >= 11 is 0. The van der Waals surface area contributed by atoms with Gasteiger partial charge in [-0.05, 0) is 43.3 Å². The Balaban J connectivity index is 1.82. The predicted octanol–water partition coefficient (Wildman–Crippen LogP) is 4.01. The number of benzene rings is 2. The molecule has 0 bridgehead atoms. The molecule has 0 radical (unpaired) electrons. The highest BCUT2D eigenvalue weighted by Crippen LogP contribution is 2.36. The number of nitrogens with zero attached hydrogens (tertiary/aromatic N) is 2. The third-order valence-electron chi connectivity index (χ3n) is 4.10. The molecular formula is C21H21N3O5. The molecule has 1 aromatic heterocycles. The molecule has 1 amide bonds. The van der Waals surface area contributed by atoms with E-state index in [4.69, 9.17) is 14.2 Å². The molecule has 1 heterocycles. The minimum absolute atomic E-state index is 0.223. The molecule has 0 spiro atoms. The SMILES string of the molecule is CON=C(C)C(=O)Nc1ccc(Oc2ccnc3cc(OC)c(OC)cc23)cc1. The van der Waals surface area contributed by atoms with Crippen LogP contribution in [0.2, 0.25) is 0 Å². The van der Waals surface area contributed by atoms with Gasteiger partial charge in [-0.3, -0.25) is 9.78 Å². The summed E-state index contributed by atoms with van der Waals surface area (Å²) in [5, 5.41) is 7.12. The van der Waals surface area contributed by atoms with Gasteiger partial charge in [-0.15, -0.1) is 0 Å². The molecule has 8 heteroatoms. The topological polar surface area (TPSA) is 91.3 Å². The maximum atomic E-state index is 12.0. The summed E-state index contributed by atoms with van der Waals surface area (Å²) in [5.41, 5.74) is 1.55. The van der Waals surface area contributed by atoms with Crippen molar-refractivity contribution in [2.75, 3.05) is 26.6 Å². The molecule has 1 N–H and O–H groups in total. The van der Waals surface area contributed by atoms with Crippen LogP contribution in [0.3, 0.4) is 0 Å². The Morgan fingerprint density at radius 2 is 1.66 bits per heavy atom. The minimum Gasteiger partial charge on any atom is -0.493 e. The highest BCUT2D eigenvalue weighted by atomic mass is 16.6. The first-order chi connectivity index (χ1) is 14.0. The van der Waals surface area contributed by atoms with Crippen LogP contribution in [0.5, 0.6) is 23.0 Å². The molecule has 0 aliphatic heterocycles. The summed E-state index contributed by atoms with van der Waals surface area (Å²) < 4.78 is 16.7. The van der Waals surface area contributed by atoms with Gasteiger partial charge in [0.05, 0.1) is 19.7 Å². The van der Waals surface area contributed by atoms with Crippen molar-refractivity contribution >= 4 is 28.2 Å². The van der Waals surface area contributed by atoms with Crippen LogP contribution in [0.25, 0.3) is 10.9 Å². The number of oxime groups is 1. The lowest BCUT2D eigenvalue weighted by Crippen LogP contribution is -2.20. The van der Waals surface area contributed by atoms with E-state index in [-0.39, 0.29) is 11.6 Å². The number of fused-ring (bicyclic) bond motifs is 1. The van der Waals surface area contributed by atoms with Gasteiger partial charge in [0.2, 0.25) is 0 Å². The van der Waals surface area contributed by atoms with Crippen LogP contribution < -0.4 is 19.5 Å². The van der Waals surface area contributed by atoms with E-state index in [0.29, 0.717) is 28.7 Å². The predicted molar refractivity (Wildman–Crippen MR) is 110 cm³/mol. The first-order valence-corrected chi connectivity index (χ1v) is 8.73. The standard InChI is InChI=1S/C21H21N3O5/c1-13(24-28-4)21(25)23-14-5-7-15(8-6-14)29-18-9-10-22-17-12-20(27-3)19(26-2)11-16(17)18/h5-12H,1-4H3,(H,23,25). The van der Waals surface area contributed by atoms with Crippen molar-refractivity contribution in [3.8, 4) is 23.0 Å². The summed E-state index contributed by atoms with van der Waals surface area (Å²) in [6.07, 6.45) is 1.66. The third kappa shape index (κ3) is 4.55. The van der Waals surface area contributed by atoms with Crippen LogP contribution >= 0.6 is 0 Å². The molecule has 8 nitrogen and oxygen atoms in total. The van der Waals surface area contributed by atoms with Crippen LogP contribution in [0.1, 0.15) is 6.92 Å². The number of carbonyl (C=O) groups is 1. The fourth-order valence-corrected chi connectivity index (χ4v) is 2.67. The minimum atomic E-state index is -0.346. The lowest BCUT2D eigenvalue weighted by atomic mass is 10.2. The third-order valence-corrected chi connectivity index (χ3v) is 4.10. The van der Waals surface area contributed by atoms with E-state index in [1.54, 1.807) is 63.7 Å². The summed E-state index contributed by atoms with van der Waals surface area (Å²) in [6, 6.07) is 12.4. The van der Waals surface area contributed by atoms with Crippen molar-refractivity contribution in [1.82, 2.24) is 4.98 Å². The largest absolute Gasteiger partial charge is 0.493 e. The summed E-state index contributed by atoms with van der Waals surface area (Å²) in [4.78, 5) is 20.9. The molecule has 29 heavy (non-hydrogen) atoms. The number of methoxy groups -OCH3 is 2. The second kappa shape index (κ2) is 8.92. The number of nitrogens with one attached hydrogen (secondary N) is 1. The van der Waals surface area contributed by atoms with Gasteiger partial charge in [-0.2, -0.15) is 0 Å². The molecule has 0 saturated carbocycles. The zero-order chi connectivity index (χ0) is 20.8. The smallest absolute Gasteiger partial charge is 0.273 e. The highest BCUT2D eigenvalue weighted by Gasteiger charge is 2.12. The van der Waals surface area contributed by atoms with Gasteiger partial charge in [0, 0.05) is 23.3 Å². The number of rotatable bonds is 7. The van der Waals surface area contributed by atoms with Gasteiger partial charge >= 0.3 is 0 Å². The van der Waals surface area contributed by atoms with E-state index in [0.717, 1.165) is 10.9 Å². The van der Waals surface area contributed by atoms with Crippen LogP contribution in [-0.2, 0) is 9.63 Å². The van der Waals surface area contributed by atoms with Crippen LogP contribution in [0, 0.1) is 0 Å². The number of hydrogen-bond acceptors (Lipinski definition) is 7. The molecule has 0 unspecified atom stereocenters. The van der Waals surface area contributed by atoms with Crippen molar-refractivity contribution in [3.63, 3.8) is 0 Å². The molecule has 3 rings (SSSR count). The number of pyridine rings is 1. The summed E-state index contributed by atoms with van der Waals surface area (Å²) in [5.74, 6) is 2.06. The number of aromatic nitrogens is 1. The van der Waals surface area contributed by atoms with Gasteiger partial charge < -0.3 is 24.4 Å². The molecule has 0 aliphatic rings. The number of ether oxygens (including phenoxy) is 3. The molecule has 2 aromatic carbocycles. The lowest BCUT2D eigenvalue weighted by molar-refractivity contribution is -0.110. The lowest BCUT2D eigenvalue weighted by Gasteiger charge is -2.12. The molecule has 0 atom stereocenters. The normalized spacial score (nSPS) is 11.1. The van der Waals surface area contributed by atoms with Crippen molar-refractivity contribution in [2.45, 2.75) is 6.92 Å². The van der Waals surface area contributed by atoms with Crippen molar-refractivity contribution < 1.29 is 23.8 Å². The van der Waals surface area contributed by atoms with Gasteiger partial charge in [0.25, 0.3) is 5.91 Å². The number of amides is 1. The number of carbonyl (C=O) groups excluding carboxylic acids is 1. The molecule has 0 aliphatic carbocycles. The number of hydrogen-bond donors (Lipinski definition) is 1. The van der Waals surface area contributed by atoms with E-state index in [1.807, 2.05) is 6.07 Å². The monoisotopic (exact) mass is 395 g/mol. The first kappa shape index (κ1) is 19.9. The van der Waals surface area contributed by atoms with Crippen LogP contribution in [-0.4, -0.2) is 37.9 Å². The zero-order valence-corrected chi connectivity index (χ0v) is 16.6. The highest BCUT2D eigenvalue weighted by molar-refractivity contribution is 6.42. The Hall–Kier alpha value is -3.81. The average molecular weight is 395 g/mol. The molecule has 0 fully saturated rings. The maximum absolute atomic E-state index is 12.0. The quantitative estimate of drug-likeness (QED) is 0.480. The number of anilines is 1. The van der Waals surface area contributed by atoms with Gasteiger partial charge in [-0.1, -0.05) is 5.16 Å². The van der Waals surface area contributed by atoms with E-state index < -0.39 is 0 Å². The molecule has 150 valence electrons. The molecule has 3 aromatic rings. The van der Waals surface area contributed by atoms with Gasteiger partial charge in [0.15, 0.2) is 11.5 Å². The first-order valence-electron chi connectivity index (χ1n) is 8.73. The fraction of sp³-hybridized carbons (Fsp3) is 0.190. The van der Waals surface area contributed by atoms with Crippen LogP contribution in [0.4, 0.5) is 5.69 Å². The van der Waals surface area contributed by atoms with E-state index in [1.165, 1.54) is 7.11 Å². The van der Waals surface area contributed by atoms with E-state index >= 15 is 0 Å².